The molecule has 0 bridgehead atoms. The Morgan fingerprint density at radius 2 is 2.26 bits per heavy atom. The van der Waals surface area contributed by atoms with Crippen molar-refractivity contribution >= 4 is 11.3 Å². The zero-order valence-electron chi connectivity index (χ0n) is 12.7. The fourth-order valence-corrected chi connectivity index (χ4v) is 4.22. The van der Waals surface area contributed by atoms with E-state index in [0.29, 0.717) is 0 Å². The Kier molecular flexibility index (Phi) is 5.86. The van der Waals surface area contributed by atoms with Crippen LogP contribution in [0.3, 0.4) is 0 Å². The van der Waals surface area contributed by atoms with Crippen LogP contribution in [0.15, 0.2) is 6.07 Å². The molecule has 1 saturated heterocycles. The van der Waals surface area contributed by atoms with E-state index in [1.807, 2.05) is 18.4 Å². The lowest BCUT2D eigenvalue weighted by molar-refractivity contribution is 0.131. The van der Waals surface area contributed by atoms with Gasteiger partial charge in [0.15, 0.2) is 0 Å². The third-order valence-electron chi connectivity index (χ3n) is 4.17. The van der Waals surface area contributed by atoms with E-state index in [2.05, 4.69) is 30.1 Å². The Bertz CT molecular complexity index is 384. The molecule has 0 spiro atoms. The third kappa shape index (κ3) is 4.04. The standard InChI is InChI=1S/C16H28N2S/c1-4-7-15-8-5-6-9-18(15)12-14-10-16(11-17-3)19-13(14)2/h10,15,17H,4-9,11-12H2,1-3H3. The highest BCUT2D eigenvalue weighted by molar-refractivity contribution is 7.12. The first kappa shape index (κ1) is 15.0. The van der Waals surface area contributed by atoms with Crippen LogP contribution in [0.4, 0.5) is 0 Å². The maximum Gasteiger partial charge on any atom is 0.0296 e. The van der Waals surface area contributed by atoms with Crippen LogP contribution in [0.25, 0.3) is 0 Å². The second-order valence-electron chi connectivity index (χ2n) is 5.73. The van der Waals surface area contributed by atoms with E-state index in [-0.39, 0.29) is 0 Å². The summed E-state index contributed by atoms with van der Waals surface area (Å²) in [4.78, 5) is 5.70. The van der Waals surface area contributed by atoms with Crippen LogP contribution in [0.1, 0.15) is 54.3 Å². The van der Waals surface area contributed by atoms with E-state index in [9.17, 15) is 0 Å². The Morgan fingerprint density at radius 3 is 3.00 bits per heavy atom. The maximum absolute atomic E-state index is 3.25. The van der Waals surface area contributed by atoms with Gasteiger partial charge in [-0.15, -0.1) is 11.3 Å². The summed E-state index contributed by atoms with van der Waals surface area (Å²) >= 11 is 1.95. The highest BCUT2D eigenvalue weighted by atomic mass is 32.1. The summed E-state index contributed by atoms with van der Waals surface area (Å²) in [6.07, 6.45) is 6.89. The maximum atomic E-state index is 3.25. The predicted octanol–water partition coefficient (Wildman–Crippen LogP) is 3.93. The number of nitrogens with one attached hydrogen (secondary N) is 1. The lowest BCUT2D eigenvalue weighted by Gasteiger charge is -2.35. The first-order chi connectivity index (χ1) is 9.24. The molecule has 0 radical (unpaired) electrons. The largest absolute Gasteiger partial charge is 0.315 e. The summed E-state index contributed by atoms with van der Waals surface area (Å²) in [6, 6.07) is 3.24. The summed E-state index contributed by atoms with van der Waals surface area (Å²) in [5, 5.41) is 3.25. The number of rotatable bonds is 6. The number of piperidine rings is 1. The second kappa shape index (κ2) is 7.41. The lowest BCUT2D eigenvalue weighted by Crippen LogP contribution is -2.38. The quantitative estimate of drug-likeness (QED) is 0.849. The Balaban J connectivity index is 2.01. The molecule has 0 aliphatic carbocycles. The fourth-order valence-electron chi connectivity index (χ4n) is 3.15. The minimum Gasteiger partial charge on any atom is -0.315 e. The van der Waals surface area contributed by atoms with Gasteiger partial charge in [-0.25, -0.2) is 0 Å². The van der Waals surface area contributed by atoms with Crippen LogP contribution in [0.2, 0.25) is 0 Å². The molecule has 1 unspecified atom stereocenters. The SMILES string of the molecule is CCCC1CCCCN1Cc1cc(CNC)sc1C. The molecule has 0 aromatic carbocycles. The van der Waals surface area contributed by atoms with Gasteiger partial charge in [0.2, 0.25) is 0 Å². The average molecular weight is 280 g/mol. The summed E-state index contributed by atoms with van der Waals surface area (Å²) in [5.41, 5.74) is 1.55. The van der Waals surface area contributed by atoms with E-state index in [1.165, 1.54) is 48.4 Å². The van der Waals surface area contributed by atoms with Gasteiger partial charge in [-0.05, 0) is 51.4 Å². The van der Waals surface area contributed by atoms with Gasteiger partial charge in [-0.1, -0.05) is 19.8 Å². The second-order valence-corrected chi connectivity index (χ2v) is 7.07. The zero-order chi connectivity index (χ0) is 13.7. The molecule has 1 atom stereocenters. The molecule has 2 nitrogen and oxygen atoms in total. The summed E-state index contributed by atoms with van der Waals surface area (Å²) in [5.74, 6) is 0. The minimum atomic E-state index is 0.825. The first-order valence-corrected chi connectivity index (χ1v) is 8.53. The van der Waals surface area contributed by atoms with Crippen molar-refractivity contribution in [3.05, 3.63) is 21.4 Å². The van der Waals surface area contributed by atoms with Gasteiger partial charge in [0.25, 0.3) is 0 Å². The fraction of sp³-hybridized carbons (Fsp3) is 0.750. The molecule has 1 N–H and O–H groups in total. The van der Waals surface area contributed by atoms with Gasteiger partial charge in [0.05, 0.1) is 0 Å². The van der Waals surface area contributed by atoms with Crippen LogP contribution in [0.5, 0.6) is 0 Å². The van der Waals surface area contributed by atoms with Crippen molar-refractivity contribution in [2.75, 3.05) is 13.6 Å². The summed E-state index contributed by atoms with van der Waals surface area (Å²) < 4.78 is 0. The molecule has 2 rings (SSSR count). The normalized spacial score (nSPS) is 20.9. The lowest BCUT2D eigenvalue weighted by atomic mass is 9.97. The van der Waals surface area contributed by atoms with Crippen molar-refractivity contribution in [1.29, 1.82) is 0 Å². The Hall–Kier alpha value is -0.380. The molecular formula is C16H28N2S. The van der Waals surface area contributed by atoms with E-state index in [1.54, 1.807) is 5.56 Å². The van der Waals surface area contributed by atoms with Crippen LogP contribution < -0.4 is 5.32 Å². The molecular weight excluding hydrogens is 252 g/mol. The zero-order valence-corrected chi connectivity index (χ0v) is 13.5. The number of hydrogen-bond donors (Lipinski definition) is 1. The number of nitrogens with zero attached hydrogens (tertiary/aromatic N) is 1. The Morgan fingerprint density at radius 1 is 1.42 bits per heavy atom. The van der Waals surface area contributed by atoms with Gasteiger partial charge in [0.1, 0.15) is 0 Å². The van der Waals surface area contributed by atoms with Crippen LogP contribution in [-0.2, 0) is 13.1 Å². The van der Waals surface area contributed by atoms with Crippen molar-refractivity contribution in [3.8, 4) is 0 Å². The van der Waals surface area contributed by atoms with Gasteiger partial charge in [0, 0.05) is 28.9 Å². The molecule has 1 aliphatic rings. The van der Waals surface area contributed by atoms with Crippen LogP contribution in [-0.4, -0.2) is 24.5 Å². The summed E-state index contributed by atoms with van der Waals surface area (Å²) in [7, 11) is 2.02. The van der Waals surface area contributed by atoms with E-state index < -0.39 is 0 Å². The van der Waals surface area contributed by atoms with Gasteiger partial charge < -0.3 is 5.32 Å². The van der Waals surface area contributed by atoms with Crippen molar-refractivity contribution in [3.63, 3.8) is 0 Å². The van der Waals surface area contributed by atoms with E-state index in [4.69, 9.17) is 0 Å². The highest BCUT2D eigenvalue weighted by Gasteiger charge is 2.22. The number of likely N-dealkylation sites (tertiary alicyclic amines) is 1. The third-order valence-corrected chi connectivity index (χ3v) is 5.26. The van der Waals surface area contributed by atoms with Crippen molar-refractivity contribution in [1.82, 2.24) is 10.2 Å². The molecule has 0 amide bonds. The van der Waals surface area contributed by atoms with Crippen molar-refractivity contribution < 1.29 is 0 Å². The number of thiophene rings is 1. The summed E-state index contributed by atoms with van der Waals surface area (Å²) in [6.45, 7) is 8.05. The molecule has 1 aromatic rings. The molecule has 19 heavy (non-hydrogen) atoms. The van der Waals surface area contributed by atoms with E-state index >= 15 is 0 Å². The van der Waals surface area contributed by atoms with E-state index in [0.717, 1.165) is 19.1 Å². The smallest absolute Gasteiger partial charge is 0.0296 e. The van der Waals surface area contributed by atoms with Crippen LogP contribution >= 0.6 is 11.3 Å². The highest BCUT2D eigenvalue weighted by Crippen LogP contribution is 2.27. The molecule has 2 heterocycles. The molecule has 1 aliphatic heterocycles. The topological polar surface area (TPSA) is 15.3 Å². The van der Waals surface area contributed by atoms with Crippen molar-refractivity contribution in [2.45, 2.75) is 65.1 Å². The van der Waals surface area contributed by atoms with Gasteiger partial charge in [-0.2, -0.15) is 0 Å². The number of hydrogen-bond acceptors (Lipinski definition) is 3. The minimum absolute atomic E-state index is 0.825. The van der Waals surface area contributed by atoms with Crippen LogP contribution in [0, 0.1) is 6.92 Å². The molecule has 1 fully saturated rings. The van der Waals surface area contributed by atoms with Gasteiger partial charge >= 0.3 is 0 Å². The average Bonchev–Trinajstić information content (AvgIpc) is 2.73. The first-order valence-electron chi connectivity index (χ1n) is 7.71. The molecule has 3 heteroatoms. The van der Waals surface area contributed by atoms with Crippen molar-refractivity contribution in [2.24, 2.45) is 0 Å². The molecule has 1 aromatic heterocycles. The monoisotopic (exact) mass is 280 g/mol. The molecule has 0 saturated carbocycles. The molecule has 108 valence electrons. The Labute approximate surface area is 122 Å². The van der Waals surface area contributed by atoms with Gasteiger partial charge in [-0.3, -0.25) is 4.90 Å². The predicted molar refractivity (Wildman–Crippen MR) is 84.8 cm³/mol. The number of aryl methyl sites for hydroxylation is 1.